The van der Waals surface area contributed by atoms with Crippen LogP contribution in [-0.4, -0.2) is 12.1 Å². The number of methoxy groups -OCH3 is 1. The third-order valence-corrected chi connectivity index (χ3v) is 2.33. The molecule has 1 aromatic heterocycles. The smallest absolute Gasteiger partial charge is 0.191 e. The number of hydrogen-bond donors (Lipinski definition) is 1. The van der Waals surface area contributed by atoms with Crippen LogP contribution in [0.25, 0.3) is 11.3 Å². The van der Waals surface area contributed by atoms with E-state index in [1.165, 1.54) is 0 Å². The summed E-state index contributed by atoms with van der Waals surface area (Å²) in [6.45, 7) is 2.15. The molecule has 0 saturated carbocycles. The van der Waals surface area contributed by atoms with Crippen LogP contribution in [0.4, 0.5) is 0 Å². The third-order valence-electron chi connectivity index (χ3n) is 2.33. The third kappa shape index (κ3) is 1.92. The molecule has 0 unspecified atom stereocenters. The van der Waals surface area contributed by atoms with Crippen molar-refractivity contribution in [3.8, 4) is 17.0 Å². The van der Waals surface area contributed by atoms with Crippen LogP contribution >= 0.6 is 0 Å². The van der Waals surface area contributed by atoms with Crippen molar-refractivity contribution >= 4 is 0 Å². The van der Waals surface area contributed by atoms with Crippen LogP contribution in [0.1, 0.15) is 11.7 Å². The van der Waals surface area contributed by atoms with Crippen molar-refractivity contribution in [2.45, 2.75) is 13.5 Å². The summed E-state index contributed by atoms with van der Waals surface area (Å²) in [5.41, 5.74) is 7.35. The van der Waals surface area contributed by atoms with Gasteiger partial charge in [0.05, 0.1) is 13.7 Å². The summed E-state index contributed by atoms with van der Waals surface area (Å²) < 4.78 is 10.6. The lowest BCUT2D eigenvalue weighted by molar-refractivity contribution is 0.415. The van der Waals surface area contributed by atoms with Crippen LogP contribution in [0.15, 0.2) is 28.7 Å². The highest BCUT2D eigenvalue weighted by molar-refractivity contribution is 5.63. The van der Waals surface area contributed by atoms with Gasteiger partial charge in [0.2, 0.25) is 0 Å². The zero-order chi connectivity index (χ0) is 11.5. The van der Waals surface area contributed by atoms with E-state index in [4.69, 9.17) is 14.9 Å². The Kier molecular flexibility index (Phi) is 2.92. The summed E-state index contributed by atoms with van der Waals surface area (Å²) in [5, 5.41) is 0. The number of hydrogen-bond acceptors (Lipinski definition) is 4. The molecule has 0 fully saturated rings. The predicted molar refractivity (Wildman–Crippen MR) is 61.1 cm³/mol. The minimum Gasteiger partial charge on any atom is -0.497 e. The fourth-order valence-corrected chi connectivity index (χ4v) is 1.60. The number of oxazole rings is 1. The minimum absolute atomic E-state index is 0.341. The van der Waals surface area contributed by atoms with E-state index in [0.717, 1.165) is 17.0 Å². The topological polar surface area (TPSA) is 61.3 Å². The zero-order valence-electron chi connectivity index (χ0n) is 9.36. The van der Waals surface area contributed by atoms with Crippen molar-refractivity contribution < 1.29 is 9.15 Å². The first-order valence-corrected chi connectivity index (χ1v) is 5.05. The molecule has 2 rings (SSSR count). The second kappa shape index (κ2) is 4.37. The van der Waals surface area contributed by atoms with Crippen molar-refractivity contribution in [2.24, 2.45) is 5.73 Å². The van der Waals surface area contributed by atoms with Crippen LogP contribution in [0.2, 0.25) is 0 Å². The molecule has 0 saturated heterocycles. The molecule has 0 amide bonds. The average Bonchev–Trinajstić information content (AvgIpc) is 2.70. The Balaban J connectivity index is 2.48. The van der Waals surface area contributed by atoms with Gasteiger partial charge in [-0.2, -0.15) is 0 Å². The van der Waals surface area contributed by atoms with Gasteiger partial charge < -0.3 is 14.9 Å². The Morgan fingerprint density at radius 2 is 2.25 bits per heavy atom. The fourth-order valence-electron chi connectivity index (χ4n) is 1.60. The first-order valence-electron chi connectivity index (χ1n) is 5.05. The fraction of sp³-hybridized carbons (Fsp3) is 0.250. The summed E-state index contributed by atoms with van der Waals surface area (Å²) in [5.74, 6) is 2.12. The number of aromatic nitrogens is 1. The molecule has 2 aromatic rings. The van der Waals surface area contributed by atoms with Crippen molar-refractivity contribution in [3.63, 3.8) is 0 Å². The highest BCUT2D eigenvalue weighted by Gasteiger charge is 2.11. The van der Waals surface area contributed by atoms with E-state index in [0.29, 0.717) is 18.2 Å². The van der Waals surface area contributed by atoms with Crippen LogP contribution < -0.4 is 10.5 Å². The highest BCUT2D eigenvalue weighted by Crippen LogP contribution is 2.26. The van der Waals surface area contributed by atoms with Crippen molar-refractivity contribution in [3.05, 3.63) is 35.9 Å². The predicted octanol–water partition coefficient (Wildman–Crippen LogP) is 2.12. The number of benzene rings is 1. The van der Waals surface area contributed by atoms with Gasteiger partial charge in [0.1, 0.15) is 17.2 Å². The molecule has 0 aliphatic heterocycles. The minimum atomic E-state index is 0.341. The van der Waals surface area contributed by atoms with Crippen molar-refractivity contribution in [1.29, 1.82) is 0 Å². The lowest BCUT2D eigenvalue weighted by Crippen LogP contribution is -1.96. The van der Waals surface area contributed by atoms with E-state index in [1.807, 2.05) is 31.2 Å². The van der Waals surface area contributed by atoms with Crippen LogP contribution in [0.5, 0.6) is 5.75 Å². The molecule has 0 bridgehead atoms. The maximum Gasteiger partial charge on any atom is 0.191 e. The largest absolute Gasteiger partial charge is 0.497 e. The molecule has 0 aliphatic rings. The highest BCUT2D eigenvalue weighted by atomic mass is 16.5. The monoisotopic (exact) mass is 218 g/mol. The molecule has 4 heteroatoms. The van der Waals surface area contributed by atoms with Crippen molar-refractivity contribution in [1.82, 2.24) is 4.98 Å². The maximum atomic E-state index is 5.61. The summed E-state index contributed by atoms with van der Waals surface area (Å²) >= 11 is 0. The van der Waals surface area contributed by atoms with Gasteiger partial charge in [-0.05, 0) is 12.1 Å². The van der Waals surface area contributed by atoms with Gasteiger partial charge in [-0.1, -0.05) is 12.1 Å². The lowest BCUT2D eigenvalue weighted by Gasteiger charge is -2.02. The normalized spacial score (nSPS) is 10.4. The van der Waals surface area contributed by atoms with E-state index in [9.17, 15) is 0 Å². The van der Waals surface area contributed by atoms with Gasteiger partial charge in [-0.3, -0.25) is 0 Å². The molecule has 0 atom stereocenters. The second-order valence-electron chi connectivity index (χ2n) is 3.44. The van der Waals surface area contributed by atoms with Gasteiger partial charge in [0.15, 0.2) is 5.89 Å². The average molecular weight is 218 g/mol. The van der Waals surface area contributed by atoms with Crippen LogP contribution in [0, 0.1) is 6.92 Å². The number of rotatable bonds is 3. The van der Waals surface area contributed by atoms with Gasteiger partial charge >= 0.3 is 0 Å². The summed E-state index contributed by atoms with van der Waals surface area (Å²) in [6.07, 6.45) is 0. The first-order chi connectivity index (χ1) is 7.74. The van der Waals surface area contributed by atoms with E-state index >= 15 is 0 Å². The number of ether oxygens (including phenoxy) is 1. The number of nitrogens with two attached hydrogens (primary N) is 1. The van der Waals surface area contributed by atoms with Gasteiger partial charge in [0.25, 0.3) is 0 Å². The standard InChI is InChI=1S/C12H14N2O2/c1-8-14-12(11(7-13)16-8)9-4-3-5-10(6-9)15-2/h3-6H,7,13H2,1-2H3. The Labute approximate surface area is 94.1 Å². The van der Waals surface area contributed by atoms with Crippen LogP contribution in [-0.2, 0) is 6.54 Å². The van der Waals surface area contributed by atoms with E-state index in [2.05, 4.69) is 4.98 Å². The van der Waals surface area contributed by atoms with Gasteiger partial charge in [-0.15, -0.1) is 0 Å². The number of nitrogens with zero attached hydrogens (tertiary/aromatic N) is 1. The molecule has 0 aliphatic carbocycles. The summed E-state index contributed by atoms with van der Waals surface area (Å²) in [4.78, 5) is 4.32. The molecule has 4 nitrogen and oxygen atoms in total. The molecule has 84 valence electrons. The number of aryl methyl sites for hydroxylation is 1. The van der Waals surface area contributed by atoms with E-state index in [1.54, 1.807) is 7.11 Å². The van der Waals surface area contributed by atoms with Gasteiger partial charge in [-0.25, -0.2) is 4.98 Å². The Morgan fingerprint density at radius 3 is 2.94 bits per heavy atom. The quantitative estimate of drug-likeness (QED) is 0.857. The SMILES string of the molecule is COc1cccc(-c2nc(C)oc2CN)c1. The maximum absolute atomic E-state index is 5.61. The van der Waals surface area contributed by atoms with Crippen LogP contribution in [0.3, 0.4) is 0 Å². The molecule has 2 N–H and O–H groups in total. The molecule has 16 heavy (non-hydrogen) atoms. The van der Waals surface area contributed by atoms with E-state index < -0.39 is 0 Å². The molecule has 0 radical (unpaired) electrons. The Bertz CT molecular complexity index is 492. The molecule has 0 spiro atoms. The molecular weight excluding hydrogens is 204 g/mol. The molecular formula is C12H14N2O2. The first kappa shape index (κ1) is 10.7. The molecule has 1 heterocycles. The lowest BCUT2D eigenvalue weighted by atomic mass is 10.1. The van der Waals surface area contributed by atoms with Crippen molar-refractivity contribution in [2.75, 3.05) is 7.11 Å². The zero-order valence-corrected chi connectivity index (χ0v) is 9.36. The summed E-state index contributed by atoms with van der Waals surface area (Å²) in [6, 6.07) is 7.67. The molecule has 1 aromatic carbocycles. The second-order valence-corrected chi connectivity index (χ2v) is 3.44. The Morgan fingerprint density at radius 1 is 1.44 bits per heavy atom. The van der Waals surface area contributed by atoms with Gasteiger partial charge in [0, 0.05) is 12.5 Å². The Hall–Kier alpha value is -1.81. The summed E-state index contributed by atoms with van der Waals surface area (Å²) in [7, 11) is 1.64. The van der Waals surface area contributed by atoms with E-state index in [-0.39, 0.29) is 0 Å².